The highest BCUT2D eigenvalue weighted by Crippen LogP contribution is 2.08. The van der Waals surface area contributed by atoms with Crippen molar-refractivity contribution in [1.29, 1.82) is 0 Å². The van der Waals surface area contributed by atoms with Crippen LogP contribution in [0.2, 0.25) is 0 Å². The minimum Gasteiger partial charge on any atom is -0.430 e. The van der Waals surface area contributed by atoms with E-state index in [0.717, 1.165) is 0 Å². The molecular formula is C16H25O10. The third kappa shape index (κ3) is 8.17. The maximum Gasteiger partial charge on any atom is 0.508 e. The van der Waals surface area contributed by atoms with Crippen LogP contribution in [-0.4, -0.2) is 83.0 Å². The highest BCUT2D eigenvalue weighted by atomic mass is 16.8. The number of cyclic esters (lactones) is 4. The van der Waals surface area contributed by atoms with Crippen molar-refractivity contribution in [1.82, 2.24) is 0 Å². The van der Waals surface area contributed by atoms with Gasteiger partial charge >= 0.3 is 12.3 Å². The molecule has 2 aliphatic heterocycles. The lowest BCUT2D eigenvalue weighted by Crippen LogP contribution is -2.25. The molecule has 0 aliphatic carbocycles. The highest BCUT2D eigenvalue weighted by molar-refractivity contribution is 5.62. The van der Waals surface area contributed by atoms with Crippen LogP contribution in [0.4, 0.5) is 9.59 Å². The summed E-state index contributed by atoms with van der Waals surface area (Å²) in [6.45, 7) is 7.25. The van der Waals surface area contributed by atoms with E-state index in [2.05, 4.69) is 9.47 Å². The molecule has 0 bridgehead atoms. The zero-order chi connectivity index (χ0) is 18.8. The Morgan fingerprint density at radius 2 is 1.50 bits per heavy atom. The van der Waals surface area contributed by atoms with Gasteiger partial charge in [-0.15, -0.1) is 0 Å². The number of ether oxygens (including phenoxy) is 8. The second-order valence-electron chi connectivity index (χ2n) is 5.93. The first-order valence-corrected chi connectivity index (χ1v) is 8.44. The lowest BCUT2D eigenvalue weighted by atomic mass is 10.4. The van der Waals surface area contributed by atoms with Crippen LogP contribution in [-0.2, 0) is 37.9 Å². The van der Waals surface area contributed by atoms with Gasteiger partial charge in [-0.2, -0.15) is 0 Å². The van der Waals surface area contributed by atoms with E-state index in [-0.39, 0.29) is 50.8 Å². The van der Waals surface area contributed by atoms with E-state index in [1.807, 2.05) is 13.8 Å². The Bertz CT molecular complexity index is 403. The molecule has 0 aromatic rings. The second kappa shape index (κ2) is 11.2. The monoisotopic (exact) mass is 377 g/mol. The van der Waals surface area contributed by atoms with E-state index in [9.17, 15) is 9.59 Å². The number of rotatable bonds is 13. The molecule has 2 saturated heterocycles. The van der Waals surface area contributed by atoms with Crippen LogP contribution >= 0.6 is 0 Å². The number of carbonyl (C=O) groups excluding carboxylic acids is 2. The summed E-state index contributed by atoms with van der Waals surface area (Å²) in [4.78, 5) is 21.5. The van der Waals surface area contributed by atoms with E-state index in [4.69, 9.17) is 28.4 Å². The first-order valence-electron chi connectivity index (χ1n) is 8.44. The fourth-order valence-corrected chi connectivity index (χ4v) is 2.12. The number of hydrogen-bond acceptors (Lipinski definition) is 10. The summed E-state index contributed by atoms with van der Waals surface area (Å²) >= 11 is 0. The largest absolute Gasteiger partial charge is 0.508 e. The van der Waals surface area contributed by atoms with Crippen LogP contribution in [0.5, 0.6) is 0 Å². The predicted molar refractivity (Wildman–Crippen MR) is 84.3 cm³/mol. The van der Waals surface area contributed by atoms with Crippen LogP contribution in [0.25, 0.3) is 0 Å². The Balaban J connectivity index is 1.39. The molecule has 0 saturated carbocycles. The zero-order valence-electron chi connectivity index (χ0n) is 14.9. The second-order valence-corrected chi connectivity index (χ2v) is 5.93. The zero-order valence-corrected chi connectivity index (χ0v) is 14.9. The highest BCUT2D eigenvalue weighted by Gasteiger charge is 2.26. The molecule has 10 nitrogen and oxygen atoms in total. The SMILES string of the molecule is CC(COCC1COC(=O)O1)O[CH]COC(C)COCC1COC(=O)O1. The Hall–Kier alpha value is -1.62. The van der Waals surface area contributed by atoms with Gasteiger partial charge in [0.25, 0.3) is 0 Å². The molecule has 2 rings (SSSR count). The van der Waals surface area contributed by atoms with E-state index in [1.54, 1.807) is 6.61 Å². The first-order chi connectivity index (χ1) is 12.5. The molecule has 149 valence electrons. The van der Waals surface area contributed by atoms with Crippen molar-refractivity contribution in [3.63, 3.8) is 0 Å². The Labute approximate surface area is 151 Å². The molecule has 4 unspecified atom stereocenters. The van der Waals surface area contributed by atoms with Crippen molar-refractivity contribution in [2.45, 2.75) is 38.3 Å². The fraction of sp³-hybridized carbons (Fsp3) is 0.812. The average Bonchev–Trinajstić information content (AvgIpc) is 3.20. The molecule has 2 heterocycles. The van der Waals surface area contributed by atoms with Crippen molar-refractivity contribution in [3.8, 4) is 0 Å². The van der Waals surface area contributed by atoms with Crippen LogP contribution in [0.1, 0.15) is 13.8 Å². The molecule has 0 N–H and O–H groups in total. The number of carbonyl (C=O) groups is 2. The summed E-state index contributed by atoms with van der Waals surface area (Å²) in [6, 6.07) is 0. The third-order valence-corrected chi connectivity index (χ3v) is 3.39. The molecule has 0 aromatic carbocycles. The lowest BCUT2D eigenvalue weighted by Gasteiger charge is -2.16. The molecular weight excluding hydrogens is 352 g/mol. The van der Waals surface area contributed by atoms with Gasteiger partial charge in [0.15, 0.2) is 12.2 Å². The summed E-state index contributed by atoms with van der Waals surface area (Å²) in [7, 11) is 0. The van der Waals surface area contributed by atoms with E-state index < -0.39 is 12.3 Å². The summed E-state index contributed by atoms with van der Waals surface area (Å²) in [5, 5.41) is 0. The summed E-state index contributed by atoms with van der Waals surface area (Å²) in [5.41, 5.74) is 0. The van der Waals surface area contributed by atoms with Gasteiger partial charge in [0, 0.05) is 0 Å². The summed E-state index contributed by atoms with van der Waals surface area (Å²) in [5.74, 6) is 0. The quantitative estimate of drug-likeness (QED) is 0.341. The summed E-state index contributed by atoms with van der Waals surface area (Å²) in [6.07, 6.45) is -2.35. The van der Waals surface area contributed by atoms with Gasteiger partial charge in [-0.05, 0) is 13.8 Å². The van der Waals surface area contributed by atoms with Crippen LogP contribution in [0.15, 0.2) is 0 Å². The van der Waals surface area contributed by atoms with Crippen molar-refractivity contribution >= 4 is 12.3 Å². The lowest BCUT2D eigenvalue weighted by molar-refractivity contribution is -0.0466. The normalized spacial score (nSPS) is 24.5. The van der Waals surface area contributed by atoms with Gasteiger partial charge in [-0.3, -0.25) is 0 Å². The standard InChI is InChI=1S/C16H25O10/c1-11(5-19-7-13-9-23-15(17)25-13)21-3-4-22-12(2)6-20-8-14-10-24-16(18)26-14/h3,11-14H,4-10H2,1-2H3. The van der Waals surface area contributed by atoms with Crippen LogP contribution < -0.4 is 0 Å². The van der Waals surface area contributed by atoms with Gasteiger partial charge in [0.05, 0.1) is 45.2 Å². The Morgan fingerprint density at radius 1 is 0.962 bits per heavy atom. The van der Waals surface area contributed by atoms with Crippen molar-refractivity contribution in [2.75, 3.05) is 46.2 Å². The molecule has 1 radical (unpaired) electrons. The molecule has 2 fully saturated rings. The number of hydrogen-bond donors (Lipinski definition) is 0. The van der Waals surface area contributed by atoms with Crippen LogP contribution in [0, 0.1) is 6.61 Å². The molecule has 0 aromatic heterocycles. The van der Waals surface area contributed by atoms with Gasteiger partial charge in [-0.1, -0.05) is 0 Å². The van der Waals surface area contributed by atoms with E-state index in [1.165, 1.54) is 0 Å². The maximum atomic E-state index is 10.7. The topological polar surface area (TPSA) is 108 Å². The first kappa shape index (κ1) is 20.7. The van der Waals surface area contributed by atoms with Crippen molar-refractivity contribution in [3.05, 3.63) is 6.61 Å². The van der Waals surface area contributed by atoms with E-state index in [0.29, 0.717) is 19.8 Å². The third-order valence-electron chi connectivity index (χ3n) is 3.39. The van der Waals surface area contributed by atoms with Crippen LogP contribution in [0.3, 0.4) is 0 Å². The Kier molecular flexibility index (Phi) is 8.89. The fourth-order valence-electron chi connectivity index (χ4n) is 2.12. The van der Waals surface area contributed by atoms with Crippen molar-refractivity contribution in [2.24, 2.45) is 0 Å². The van der Waals surface area contributed by atoms with Gasteiger partial charge < -0.3 is 37.9 Å². The molecule has 0 amide bonds. The Morgan fingerprint density at radius 3 is 2.00 bits per heavy atom. The van der Waals surface area contributed by atoms with Gasteiger partial charge in [-0.25, -0.2) is 9.59 Å². The minimum absolute atomic E-state index is 0.142. The smallest absolute Gasteiger partial charge is 0.430 e. The van der Waals surface area contributed by atoms with Gasteiger partial charge in [0.2, 0.25) is 0 Å². The average molecular weight is 377 g/mol. The maximum absolute atomic E-state index is 10.7. The minimum atomic E-state index is -0.663. The molecule has 10 heteroatoms. The summed E-state index contributed by atoms with van der Waals surface area (Å²) < 4.78 is 40.8. The molecule has 26 heavy (non-hydrogen) atoms. The van der Waals surface area contributed by atoms with Gasteiger partial charge in [0.1, 0.15) is 19.8 Å². The molecule has 2 aliphatic rings. The van der Waals surface area contributed by atoms with E-state index >= 15 is 0 Å². The van der Waals surface area contributed by atoms with Crippen molar-refractivity contribution < 1.29 is 47.5 Å². The predicted octanol–water partition coefficient (Wildman–Crippen LogP) is 1.06. The molecule has 4 atom stereocenters. The molecule has 0 spiro atoms.